The van der Waals surface area contributed by atoms with Gasteiger partial charge in [0.25, 0.3) is 0 Å². The van der Waals surface area contributed by atoms with Crippen LogP contribution >= 0.6 is 0 Å². The lowest BCUT2D eigenvalue weighted by atomic mass is 9.92. The molecule has 0 heterocycles. The van der Waals surface area contributed by atoms with Gasteiger partial charge in [0.1, 0.15) is 5.78 Å². The molecule has 0 radical (unpaired) electrons. The first-order valence-corrected chi connectivity index (χ1v) is 5.94. The zero-order chi connectivity index (χ0) is 12.7. The Bertz CT molecular complexity index is 354. The number of carbonyl (C=O) groups is 2. The van der Waals surface area contributed by atoms with Crippen LogP contribution in [0, 0.1) is 23.2 Å². The predicted molar refractivity (Wildman–Crippen MR) is 62.1 cm³/mol. The van der Waals surface area contributed by atoms with Crippen molar-refractivity contribution in [1.82, 2.24) is 0 Å². The number of allylic oxidation sites excluding steroid dienone is 2. The minimum absolute atomic E-state index is 0.0686. The maximum absolute atomic E-state index is 11.5. The van der Waals surface area contributed by atoms with E-state index in [4.69, 9.17) is 10.4 Å². The average molecular weight is 235 g/mol. The van der Waals surface area contributed by atoms with Crippen LogP contribution in [-0.4, -0.2) is 16.9 Å². The van der Waals surface area contributed by atoms with Crippen LogP contribution in [0.1, 0.15) is 38.5 Å². The molecule has 0 spiro atoms. The van der Waals surface area contributed by atoms with Crippen molar-refractivity contribution in [2.45, 2.75) is 38.5 Å². The van der Waals surface area contributed by atoms with E-state index in [-0.39, 0.29) is 11.7 Å². The summed E-state index contributed by atoms with van der Waals surface area (Å²) in [7, 11) is 0. The van der Waals surface area contributed by atoms with Gasteiger partial charge in [0, 0.05) is 18.8 Å². The maximum Gasteiger partial charge on any atom is 0.307 e. The van der Waals surface area contributed by atoms with Crippen LogP contribution in [0.4, 0.5) is 0 Å². The maximum atomic E-state index is 11.5. The van der Waals surface area contributed by atoms with Gasteiger partial charge >= 0.3 is 5.97 Å². The summed E-state index contributed by atoms with van der Waals surface area (Å²) in [6.07, 6.45) is 7.35. The van der Waals surface area contributed by atoms with Crippen molar-refractivity contribution < 1.29 is 14.7 Å². The number of aliphatic carboxylic acids is 1. The molecule has 1 saturated carbocycles. The van der Waals surface area contributed by atoms with Gasteiger partial charge in [-0.3, -0.25) is 9.59 Å². The molecule has 1 fully saturated rings. The summed E-state index contributed by atoms with van der Waals surface area (Å²) in [6, 6.07) is 2.06. The summed E-state index contributed by atoms with van der Waals surface area (Å²) >= 11 is 0. The Labute approximate surface area is 101 Å². The van der Waals surface area contributed by atoms with Crippen LogP contribution in [0.15, 0.2) is 12.2 Å². The van der Waals surface area contributed by atoms with Crippen molar-refractivity contribution in [3.05, 3.63) is 12.2 Å². The van der Waals surface area contributed by atoms with Crippen LogP contribution < -0.4 is 0 Å². The SMILES string of the molecule is N#CCCC/C=C\C[C@H]1C(=O)CC[C@@H]1C(=O)O. The van der Waals surface area contributed by atoms with Gasteiger partial charge in [-0.2, -0.15) is 5.26 Å². The van der Waals surface area contributed by atoms with Crippen molar-refractivity contribution >= 4 is 11.8 Å². The summed E-state index contributed by atoms with van der Waals surface area (Å²) in [5, 5.41) is 17.3. The van der Waals surface area contributed by atoms with E-state index in [1.807, 2.05) is 12.2 Å². The number of hydrogen-bond donors (Lipinski definition) is 1. The fourth-order valence-electron chi connectivity index (χ4n) is 2.16. The molecule has 4 heteroatoms. The summed E-state index contributed by atoms with van der Waals surface area (Å²) in [5.74, 6) is -1.65. The third-order valence-electron chi connectivity index (χ3n) is 3.13. The van der Waals surface area contributed by atoms with Crippen LogP contribution in [0.5, 0.6) is 0 Å². The van der Waals surface area contributed by atoms with Gasteiger partial charge in [-0.05, 0) is 25.7 Å². The lowest BCUT2D eigenvalue weighted by Crippen LogP contribution is -2.21. The van der Waals surface area contributed by atoms with Gasteiger partial charge < -0.3 is 5.11 Å². The molecule has 1 aliphatic rings. The molecule has 0 aliphatic heterocycles. The number of ketones is 1. The Kier molecular flexibility index (Phi) is 5.41. The molecule has 92 valence electrons. The van der Waals surface area contributed by atoms with E-state index in [1.54, 1.807) is 0 Å². The lowest BCUT2D eigenvalue weighted by molar-refractivity contribution is -0.144. The molecule has 0 amide bonds. The van der Waals surface area contributed by atoms with Gasteiger partial charge in [-0.15, -0.1) is 0 Å². The molecular weight excluding hydrogens is 218 g/mol. The summed E-state index contributed by atoms with van der Waals surface area (Å²) in [6.45, 7) is 0. The molecule has 0 aromatic heterocycles. The van der Waals surface area contributed by atoms with Crippen LogP contribution in [0.2, 0.25) is 0 Å². The Morgan fingerprint density at radius 1 is 1.53 bits per heavy atom. The van der Waals surface area contributed by atoms with Gasteiger partial charge in [0.15, 0.2) is 0 Å². The molecule has 0 aromatic carbocycles. The van der Waals surface area contributed by atoms with Gasteiger partial charge in [-0.25, -0.2) is 0 Å². The van der Waals surface area contributed by atoms with Crippen LogP contribution in [0.25, 0.3) is 0 Å². The highest BCUT2D eigenvalue weighted by Gasteiger charge is 2.38. The highest BCUT2D eigenvalue weighted by molar-refractivity contribution is 5.89. The molecule has 0 saturated heterocycles. The Morgan fingerprint density at radius 2 is 2.29 bits per heavy atom. The largest absolute Gasteiger partial charge is 0.481 e. The van der Waals surface area contributed by atoms with E-state index in [0.29, 0.717) is 25.7 Å². The molecular formula is C13H17NO3. The molecule has 2 atom stereocenters. The molecule has 0 unspecified atom stereocenters. The molecule has 1 aliphatic carbocycles. The standard InChI is InChI=1S/C13H17NO3/c14-9-5-3-1-2-4-6-10-11(13(16)17)7-8-12(10)15/h2,4,10-11H,1,3,5-8H2,(H,16,17)/b4-2-/t10-,11+/m1/s1. The third-order valence-corrected chi connectivity index (χ3v) is 3.13. The second kappa shape index (κ2) is 6.85. The van der Waals surface area contributed by atoms with Crippen molar-refractivity contribution in [2.24, 2.45) is 11.8 Å². The number of nitriles is 1. The molecule has 17 heavy (non-hydrogen) atoms. The monoisotopic (exact) mass is 235 g/mol. The number of rotatable bonds is 6. The fraction of sp³-hybridized carbons (Fsp3) is 0.615. The summed E-state index contributed by atoms with van der Waals surface area (Å²) in [4.78, 5) is 22.4. The first-order valence-electron chi connectivity index (χ1n) is 5.94. The fourth-order valence-corrected chi connectivity index (χ4v) is 2.16. The number of nitrogens with zero attached hydrogens (tertiary/aromatic N) is 1. The van der Waals surface area contributed by atoms with E-state index < -0.39 is 11.9 Å². The second-order valence-electron chi connectivity index (χ2n) is 4.31. The average Bonchev–Trinajstić information content (AvgIpc) is 2.65. The van der Waals surface area contributed by atoms with Crippen molar-refractivity contribution in [3.8, 4) is 6.07 Å². The van der Waals surface area contributed by atoms with E-state index in [0.717, 1.165) is 12.8 Å². The molecule has 0 bridgehead atoms. The van der Waals surface area contributed by atoms with Crippen molar-refractivity contribution in [2.75, 3.05) is 0 Å². The smallest absolute Gasteiger partial charge is 0.307 e. The van der Waals surface area contributed by atoms with Gasteiger partial charge in [0.2, 0.25) is 0 Å². The zero-order valence-electron chi connectivity index (χ0n) is 9.76. The Hall–Kier alpha value is -1.63. The highest BCUT2D eigenvalue weighted by atomic mass is 16.4. The number of carboxylic acid groups (broad SMARTS) is 1. The summed E-state index contributed by atoms with van der Waals surface area (Å²) < 4.78 is 0. The Morgan fingerprint density at radius 3 is 2.94 bits per heavy atom. The lowest BCUT2D eigenvalue weighted by Gasteiger charge is -2.11. The highest BCUT2D eigenvalue weighted by Crippen LogP contribution is 2.31. The number of unbranched alkanes of at least 4 members (excludes halogenated alkanes) is 2. The van der Waals surface area contributed by atoms with E-state index in [2.05, 4.69) is 6.07 Å². The minimum atomic E-state index is -0.862. The van der Waals surface area contributed by atoms with Crippen LogP contribution in [0.3, 0.4) is 0 Å². The molecule has 1 N–H and O–H groups in total. The molecule has 4 nitrogen and oxygen atoms in total. The first kappa shape index (κ1) is 13.4. The second-order valence-corrected chi connectivity index (χ2v) is 4.31. The van der Waals surface area contributed by atoms with Crippen molar-refractivity contribution in [3.63, 3.8) is 0 Å². The Balaban J connectivity index is 2.36. The molecule has 0 aromatic rings. The number of carboxylic acids is 1. The van der Waals surface area contributed by atoms with Gasteiger partial charge in [-0.1, -0.05) is 12.2 Å². The topological polar surface area (TPSA) is 78.2 Å². The third kappa shape index (κ3) is 4.03. The number of Topliss-reactive ketones (excluding diaryl/α,β-unsaturated/α-hetero) is 1. The van der Waals surface area contributed by atoms with E-state index >= 15 is 0 Å². The van der Waals surface area contributed by atoms with E-state index in [1.165, 1.54) is 0 Å². The quantitative estimate of drug-likeness (QED) is 0.566. The predicted octanol–water partition coefficient (Wildman–Crippen LogP) is 2.31. The summed E-state index contributed by atoms with van der Waals surface area (Å²) in [5.41, 5.74) is 0. The molecule has 1 rings (SSSR count). The van der Waals surface area contributed by atoms with Crippen molar-refractivity contribution in [1.29, 1.82) is 5.26 Å². The van der Waals surface area contributed by atoms with E-state index in [9.17, 15) is 9.59 Å². The first-order chi connectivity index (χ1) is 8.16. The number of hydrogen-bond acceptors (Lipinski definition) is 3. The van der Waals surface area contributed by atoms with Gasteiger partial charge in [0.05, 0.1) is 12.0 Å². The minimum Gasteiger partial charge on any atom is -0.481 e. The van der Waals surface area contributed by atoms with Crippen LogP contribution in [-0.2, 0) is 9.59 Å². The zero-order valence-corrected chi connectivity index (χ0v) is 9.76. The normalized spacial score (nSPS) is 24.1. The number of carbonyl (C=O) groups excluding carboxylic acids is 1.